The maximum Gasteiger partial charge on any atom is 0.306 e. The first-order valence-electron chi connectivity index (χ1n) is 6.27. The van der Waals surface area contributed by atoms with Crippen LogP contribution in [0.5, 0.6) is 11.5 Å². The van der Waals surface area contributed by atoms with E-state index in [9.17, 15) is 9.59 Å². The van der Waals surface area contributed by atoms with Crippen molar-refractivity contribution >= 4 is 11.8 Å². The van der Waals surface area contributed by atoms with Gasteiger partial charge in [-0.15, -0.1) is 0 Å². The molecule has 1 unspecified atom stereocenters. The van der Waals surface area contributed by atoms with Crippen molar-refractivity contribution in [3.05, 3.63) is 24.3 Å². The van der Waals surface area contributed by atoms with Crippen LogP contribution in [0.15, 0.2) is 24.3 Å². The van der Waals surface area contributed by atoms with E-state index in [-0.39, 0.29) is 31.2 Å². The van der Waals surface area contributed by atoms with Crippen molar-refractivity contribution in [2.45, 2.75) is 25.9 Å². The van der Waals surface area contributed by atoms with Crippen LogP contribution in [-0.4, -0.2) is 31.1 Å². The standard InChI is InChI=1S/C14H16O5/c1-2-17-14(16)8-7-10(15)13-9-18-11-5-3-4-6-12(11)19-13/h3-6,13H,2,7-9H2,1H3. The fourth-order valence-corrected chi connectivity index (χ4v) is 1.80. The van der Waals surface area contributed by atoms with Gasteiger partial charge in [0, 0.05) is 6.42 Å². The number of esters is 1. The number of fused-ring (bicyclic) bond motifs is 1. The van der Waals surface area contributed by atoms with Crippen molar-refractivity contribution in [1.82, 2.24) is 0 Å². The Morgan fingerprint density at radius 2 is 2.00 bits per heavy atom. The number of ketones is 1. The Hall–Kier alpha value is -2.04. The lowest BCUT2D eigenvalue weighted by atomic mass is 10.1. The molecule has 0 saturated carbocycles. The number of benzene rings is 1. The fraction of sp³-hybridized carbons (Fsp3) is 0.429. The second-order valence-corrected chi connectivity index (χ2v) is 4.14. The van der Waals surface area contributed by atoms with E-state index < -0.39 is 6.10 Å². The quantitative estimate of drug-likeness (QED) is 0.758. The van der Waals surface area contributed by atoms with Crippen LogP contribution in [0.3, 0.4) is 0 Å². The summed E-state index contributed by atoms with van der Waals surface area (Å²) in [4.78, 5) is 23.1. The van der Waals surface area contributed by atoms with Crippen molar-refractivity contribution < 1.29 is 23.8 Å². The predicted molar refractivity (Wildman–Crippen MR) is 67.2 cm³/mol. The van der Waals surface area contributed by atoms with Crippen LogP contribution in [0, 0.1) is 0 Å². The molecule has 0 fully saturated rings. The van der Waals surface area contributed by atoms with Gasteiger partial charge in [0.2, 0.25) is 0 Å². The lowest BCUT2D eigenvalue weighted by Gasteiger charge is -2.25. The second kappa shape index (κ2) is 6.22. The summed E-state index contributed by atoms with van der Waals surface area (Å²) < 4.78 is 15.8. The summed E-state index contributed by atoms with van der Waals surface area (Å²) in [5.74, 6) is 0.677. The number of ether oxygens (including phenoxy) is 3. The van der Waals surface area contributed by atoms with E-state index in [4.69, 9.17) is 14.2 Å². The Morgan fingerprint density at radius 1 is 1.26 bits per heavy atom. The highest BCUT2D eigenvalue weighted by atomic mass is 16.6. The summed E-state index contributed by atoms with van der Waals surface area (Å²) in [5, 5.41) is 0. The molecule has 1 aliphatic rings. The van der Waals surface area contributed by atoms with Crippen molar-refractivity contribution in [2.75, 3.05) is 13.2 Å². The zero-order valence-corrected chi connectivity index (χ0v) is 10.8. The first kappa shape index (κ1) is 13.4. The Labute approximate surface area is 111 Å². The highest BCUT2D eigenvalue weighted by molar-refractivity contribution is 5.87. The van der Waals surface area contributed by atoms with E-state index >= 15 is 0 Å². The molecule has 19 heavy (non-hydrogen) atoms. The van der Waals surface area contributed by atoms with E-state index in [0.717, 1.165) is 0 Å². The van der Waals surface area contributed by atoms with E-state index in [1.54, 1.807) is 19.1 Å². The minimum absolute atomic E-state index is 0.0776. The minimum Gasteiger partial charge on any atom is -0.485 e. The highest BCUT2D eigenvalue weighted by Crippen LogP contribution is 2.31. The van der Waals surface area contributed by atoms with Gasteiger partial charge in [0.05, 0.1) is 13.0 Å². The molecule has 0 spiro atoms. The minimum atomic E-state index is -0.649. The number of para-hydroxylation sites is 2. The van der Waals surface area contributed by atoms with Crippen molar-refractivity contribution in [3.8, 4) is 11.5 Å². The number of carbonyl (C=O) groups is 2. The average Bonchev–Trinajstić information content (AvgIpc) is 2.44. The molecule has 1 atom stereocenters. The monoisotopic (exact) mass is 264 g/mol. The molecule has 102 valence electrons. The number of carbonyl (C=O) groups excluding carboxylic acids is 2. The van der Waals surface area contributed by atoms with Crippen LogP contribution < -0.4 is 9.47 Å². The van der Waals surface area contributed by atoms with Crippen LogP contribution in [0.25, 0.3) is 0 Å². The zero-order valence-electron chi connectivity index (χ0n) is 10.8. The molecule has 0 saturated heterocycles. The summed E-state index contributed by atoms with van der Waals surface area (Å²) in [5.41, 5.74) is 0. The van der Waals surface area contributed by atoms with E-state index in [0.29, 0.717) is 18.1 Å². The van der Waals surface area contributed by atoms with Gasteiger partial charge in [-0.3, -0.25) is 9.59 Å². The second-order valence-electron chi connectivity index (χ2n) is 4.14. The lowest BCUT2D eigenvalue weighted by molar-refractivity contribution is -0.145. The van der Waals surface area contributed by atoms with Gasteiger partial charge < -0.3 is 14.2 Å². The van der Waals surface area contributed by atoms with Crippen LogP contribution in [-0.2, 0) is 14.3 Å². The zero-order chi connectivity index (χ0) is 13.7. The summed E-state index contributed by atoms with van der Waals surface area (Å²) in [7, 11) is 0. The summed E-state index contributed by atoms with van der Waals surface area (Å²) in [6, 6.07) is 7.19. The van der Waals surface area contributed by atoms with Crippen LogP contribution in [0.2, 0.25) is 0 Å². The molecule has 1 heterocycles. The van der Waals surface area contributed by atoms with Gasteiger partial charge in [0.1, 0.15) is 6.61 Å². The first-order chi connectivity index (χ1) is 9.20. The molecule has 0 aromatic heterocycles. The number of hydrogen-bond donors (Lipinski definition) is 0. The van der Waals surface area contributed by atoms with Crippen molar-refractivity contribution in [3.63, 3.8) is 0 Å². The third kappa shape index (κ3) is 3.47. The molecule has 0 amide bonds. The average molecular weight is 264 g/mol. The van der Waals surface area contributed by atoms with Gasteiger partial charge in [-0.25, -0.2) is 0 Å². The molecule has 0 aliphatic carbocycles. The van der Waals surface area contributed by atoms with E-state index in [2.05, 4.69) is 0 Å². The van der Waals surface area contributed by atoms with Crippen molar-refractivity contribution in [1.29, 1.82) is 0 Å². The SMILES string of the molecule is CCOC(=O)CCC(=O)C1COc2ccccc2O1. The molecule has 5 heteroatoms. The maximum atomic E-state index is 11.9. The molecular formula is C14H16O5. The number of rotatable bonds is 5. The Balaban J connectivity index is 1.87. The van der Waals surface area contributed by atoms with Crippen LogP contribution in [0.1, 0.15) is 19.8 Å². The Morgan fingerprint density at radius 3 is 2.74 bits per heavy atom. The fourth-order valence-electron chi connectivity index (χ4n) is 1.80. The molecule has 1 aromatic rings. The van der Waals surface area contributed by atoms with Crippen molar-refractivity contribution in [2.24, 2.45) is 0 Å². The molecule has 0 N–H and O–H groups in total. The molecule has 2 rings (SSSR count). The topological polar surface area (TPSA) is 61.8 Å². The largest absolute Gasteiger partial charge is 0.485 e. The normalized spacial score (nSPS) is 16.8. The van der Waals surface area contributed by atoms with Gasteiger partial charge in [-0.2, -0.15) is 0 Å². The molecule has 0 radical (unpaired) electrons. The number of hydrogen-bond acceptors (Lipinski definition) is 5. The van der Waals surface area contributed by atoms with E-state index in [1.807, 2.05) is 12.1 Å². The third-order valence-electron chi connectivity index (χ3n) is 2.75. The maximum absolute atomic E-state index is 11.9. The predicted octanol–water partition coefficient (Wildman–Crippen LogP) is 1.74. The first-order valence-corrected chi connectivity index (χ1v) is 6.27. The lowest BCUT2D eigenvalue weighted by Crippen LogP contribution is -2.36. The molecule has 1 aliphatic heterocycles. The highest BCUT2D eigenvalue weighted by Gasteiger charge is 2.27. The molecule has 5 nitrogen and oxygen atoms in total. The summed E-state index contributed by atoms with van der Waals surface area (Å²) in [6.45, 7) is 2.23. The van der Waals surface area contributed by atoms with Gasteiger partial charge in [-0.1, -0.05) is 12.1 Å². The Bertz CT molecular complexity index is 469. The van der Waals surface area contributed by atoms with E-state index in [1.165, 1.54) is 0 Å². The summed E-state index contributed by atoms with van der Waals surface area (Å²) >= 11 is 0. The molecule has 1 aromatic carbocycles. The van der Waals surface area contributed by atoms with Gasteiger partial charge in [0.25, 0.3) is 0 Å². The van der Waals surface area contributed by atoms with Crippen LogP contribution in [0.4, 0.5) is 0 Å². The van der Waals surface area contributed by atoms with Gasteiger partial charge >= 0.3 is 5.97 Å². The van der Waals surface area contributed by atoms with Crippen LogP contribution >= 0.6 is 0 Å². The van der Waals surface area contributed by atoms with Gasteiger partial charge in [0.15, 0.2) is 23.4 Å². The van der Waals surface area contributed by atoms with Gasteiger partial charge in [-0.05, 0) is 19.1 Å². The summed E-state index contributed by atoms with van der Waals surface area (Å²) in [6.07, 6.45) is -0.465. The molecular weight excluding hydrogens is 248 g/mol. The smallest absolute Gasteiger partial charge is 0.306 e. The molecule has 0 bridgehead atoms. The Kier molecular flexibility index (Phi) is 4.39. The number of Topliss-reactive ketones (excluding diaryl/α,β-unsaturated/α-hetero) is 1. The third-order valence-corrected chi connectivity index (χ3v) is 2.75.